The summed E-state index contributed by atoms with van der Waals surface area (Å²) in [7, 11) is 0. The van der Waals surface area contributed by atoms with Crippen molar-refractivity contribution in [3.63, 3.8) is 0 Å². The van der Waals surface area contributed by atoms with Crippen LogP contribution in [0.5, 0.6) is 0 Å². The number of tetrazole rings is 1. The van der Waals surface area contributed by atoms with Crippen LogP contribution in [0.3, 0.4) is 0 Å². The van der Waals surface area contributed by atoms with Gasteiger partial charge in [-0.1, -0.05) is 30.3 Å². The van der Waals surface area contributed by atoms with Gasteiger partial charge < -0.3 is 26.0 Å². The Morgan fingerprint density at radius 1 is 0.915 bits per heavy atom. The van der Waals surface area contributed by atoms with Gasteiger partial charge >= 0.3 is 6.09 Å². The number of hydrogen-bond donors (Lipinski definition) is 5. The van der Waals surface area contributed by atoms with E-state index in [-0.39, 0.29) is 47.7 Å². The number of piperidine rings is 1. The summed E-state index contributed by atoms with van der Waals surface area (Å²) in [5, 5.41) is 25.8. The van der Waals surface area contributed by atoms with E-state index in [1.807, 2.05) is 58.0 Å². The topological polar surface area (TPSA) is 210 Å². The van der Waals surface area contributed by atoms with Gasteiger partial charge in [0.1, 0.15) is 17.3 Å². The number of hydrogen-bond acceptors (Lipinski definition) is 10. The summed E-state index contributed by atoms with van der Waals surface area (Å²) in [4.78, 5) is 69.4. The average molecular weight is 806 g/mol. The summed E-state index contributed by atoms with van der Waals surface area (Å²) in [6.07, 6.45) is 6.14. The second-order valence-corrected chi connectivity index (χ2v) is 16.6. The smallest absolute Gasteiger partial charge is 0.407 e. The van der Waals surface area contributed by atoms with Crippen molar-refractivity contribution in [2.75, 3.05) is 18.4 Å². The van der Waals surface area contributed by atoms with Crippen LogP contribution >= 0.6 is 0 Å². The van der Waals surface area contributed by atoms with Crippen LogP contribution in [0.15, 0.2) is 60.7 Å². The minimum absolute atomic E-state index is 0.0214. The Labute approximate surface area is 344 Å². The molecule has 2 fully saturated rings. The number of carbonyl (C=O) groups excluding carboxylic acids is 5. The van der Waals surface area contributed by atoms with Crippen molar-refractivity contribution < 1.29 is 28.7 Å². The number of benzene rings is 2. The van der Waals surface area contributed by atoms with Crippen LogP contribution in [0.4, 0.5) is 10.5 Å². The van der Waals surface area contributed by atoms with E-state index in [1.54, 1.807) is 30.3 Å². The van der Waals surface area contributed by atoms with Crippen LogP contribution in [0.1, 0.15) is 100 Å². The molecule has 2 aliphatic rings. The number of carbonyl (C=O) groups is 5. The zero-order chi connectivity index (χ0) is 41.9. The molecule has 6 rings (SSSR count). The molecule has 2 atom stereocenters. The summed E-state index contributed by atoms with van der Waals surface area (Å²) in [5.74, 6) is -0.103. The van der Waals surface area contributed by atoms with Gasteiger partial charge in [-0.2, -0.15) is 5.21 Å². The Hall–Kier alpha value is -5.99. The van der Waals surface area contributed by atoms with E-state index in [0.29, 0.717) is 55.9 Å². The van der Waals surface area contributed by atoms with E-state index in [0.717, 1.165) is 60.2 Å². The first kappa shape index (κ1) is 42.6. The van der Waals surface area contributed by atoms with Gasteiger partial charge in [0.05, 0.1) is 0 Å². The van der Waals surface area contributed by atoms with Gasteiger partial charge in [0, 0.05) is 60.3 Å². The van der Waals surface area contributed by atoms with Crippen LogP contribution < -0.4 is 21.3 Å². The fourth-order valence-corrected chi connectivity index (χ4v) is 7.71. The van der Waals surface area contributed by atoms with E-state index in [9.17, 15) is 24.0 Å². The molecular weight excluding hydrogens is 751 g/mol. The van der Waals surface area contributed by atoms with Gasteiger partial charge in [0.15, 0.2) is 5.78 Å². The van der Waals surface area contributed by atoms with Crippen LogP contribution in [-0.4, -0.2) is 79.9 Å². The third-order valence-corrected chi connectivity index (χ3v) is 11.0. The molecular formula is C44H55N9O6. The minimum Gasteiger partial charge on any atom is -0.444 e. The highest BCUT2D eigenvalue weighted by Crippen LogP contribution is 2.30. The molecule has 4 aromatic rings. The standard InChI is InChI=1S/C44H55N9O6/c1-27-35(22-23-36(47-27)38(54)9-5-7-32-8-6-24-45-40(32)55)30-14-10-28(11-15-30)25-37(42(57)48-34-20-18-31(19-21-34)39-50-52-53-51-39)49-41(56)33-16-12-29(13-17-33)26-46-43(58)59-44(2,3)4/h10-11,14-15,18-23,29,32-33,37H,5-9,12-13,16-17,24-26H2,1-4H3,(H,45,55)(H,46,58)(H,48,57)(H,49,56)(H,50,51,52,53). The summed E-state index contributed by atoms with van der Waals surface area (Å²) < 4.78 is 5.36. The van der Waals surface area contributed by atoms with Crippen LogP contribution in [0.2, 0.25) is 0 Å². The van der Waals surface area contributed by atoms with Crippen molar-refractivity contribution in [1.82, 2.24) is 41.6 Å². The Balaban J connectivity index is 1.08. The van der Waals surface area contributed by atoms with Crippen molar-refractivity contribution >= 4 is 35.3 Å². The lowest BCUT2D eigenvalue weighted by molar-refractivity contribution is -0.130. The molecule has 2 unspecified atom stereocenters. The fourth-order valence-electron chi connectivity index (χ4n) is 7.71. The van der Waals surface area contributed by atoms with Crippen LogP contribution in [-0.2, 0) is 25.5 Å². The number of ketones is 1. The first-order valence-electron chi connectivity index (χ1n) is 20.6. The normalized spacial score (nSPS) is 18.6. The molecule has 5 N–H and O–H groups in total. The number of nitrogens with one attached hydrogen (secondary N) is 5. The van der Waals surface area contributed by atoms with Crippen molar-refractivity contribution in [3.8, 4) is 22.5 Å². The number of H-pyrrole nitrogens is 1. The molecule has 1 aliphatic carbocycles. The number of aromatic nitrogens is 5. The molecule has 59 heavy (non-hydrogen) atoms. The lowest BCUT2D eigenvalue weighted by Crippen LogP contribution is -2.48. The average Bonchev–Trinajstić information content (AvgIpc) is 3.76. The molecule has 0 radical (unpaired) electrons. The fraction of sp³-hybridized carbons (Fsp3) is 0.477. The molecule has 3 heterocycles. The van der Waals surface area contributed by atoms with Gasteiger partial charge in [-0.05, 0) is 132 Å². The second kappa shape index (κ2) is 19.6. The van der Waals surface area contributed by atoms with E-state index < -0.39 is 17.7 Å². The zero-order valence-corrected chi connectivity index (χ0v) is 34.3. The molecule has 1 aliphatic heterocycles. The third-order valence-electron chi connectivity index (χ3n) is 11.0. The number of anilines is 1. The lowest BCUT2D eigenvalue weighted by Gasteiger charge is -2.29. The summed E-state index contributed by atoms with van der Waals surface area (Å²) in [5.41, 5.74) is 4.48. The van der Waals surface area contributed by atoms with E-state index >= 15 is 0 Å². The highest BCUT2D eigenvalue weighted by Gasteiger charge is 2.30. The van der Waals surface area contributed by atoms with E-state index in [2.05, 4.69) is 46.9 Å². The van der Waals surface area contributed by atoms with Crippen molar-refractivity contribution in [1.29, 1.82) is 0 Å². The quantitative estimate of drug-likeness (QED) is 0.0870. The molecule has 15 nitrogen and oxygen atoms in total. The molecule has 4 amide bonds. The summed E-state index contributed by atoms with van der Waals surface area (Å²) in [6.45, 7) is 8.55. The number of nitrogens with zero attached hydrogens (tertiary/aromatic N) is 4. The predicted molar refractivity (Wildman–Crippen MR) is 222 cm³/mol. The van der Waals surface area contributed by atoms with Gasteiger partial charge in [0.25, 0.3) is 0 Å². The molecule has 0 spiro atoms. The van der Waals surface area contributed by atoms with Crippen LogP contribution in [0.25, 0.3) is 22.5 Å². The molecule has 2 aromatic carbocycles. The van der Waals surface area contributed by atoms with Gasteiger partial charge in [0.2, 0.25) is 23.5 Å². The largest absolute Gasteiger partial charge is 0.444 e. The first-order chi connectivity index (χ1) is 28.3. The molecule has 0 bridgehead atoms. The molecule has 2 aromatic heterocycles. The Morgan fingerprint density at radius 2 is 1.64 bits per heavy atom. The Morgan fingerprint density at radius 3 is 2.31 bits per heavy atom. The number of alkyl carbamates (subject to hydrolysis) is 1. The highest BCUT2D eigenvalue weighted by atomic mass is 16.6. The number of aryl methyl sites for hydroxylation is 1. The Kier molecular flexibility index (Phi) is 14.2. The second-order valence-electron chi connectivity index (χ2n) is 16.6. The van der Waals surface area contributed by atoms with Gasteiger partial charge in [-0.3, -0.25) is 19.2 Å². The van der Waals surface area contributed by atoms with E-state index in [1.165, 1.54) is 0 Å². The van der Waals surface area contributed by atoms with Crippen molar-refractivity contribution in [3.05, 3.63) is 77.6 Å². The lowest BCUT2D eigenvalue weighted by atomic mass is 9.81. The number of amides is 4. The minimum atomic E-state index is -0.863. The number of pyridine rings is 1. The SMILES string of the molecule is Cc1nc(C(=O)CCCC2CCCNC2=O)ccc1-c1ccc(CC(NC(=O)C2CCC(CNC(=O)OC(C)(C)C)CC2)C(=O)Nc2ccc(-c3nn[nH]n3)cc2)cc1. The maximum absolute atomic E-state index is 13.9. The zero-order valence-electron chi connectivity index (χ0n) is 34.3. The molecule has 1 saturated heterocycles. The number of ether oxygens (including phenoxy) is 1. The van der Waals surface area contributed by atoms with E-state index in [4.69, 9.17) is 4.74 Å². The maximum Gasteiger partial charge on any atom is 0.407 e. The first-order valence-corrected chi connectivity index (χ1v) is 20.6. The highest BCUT2D eigenvalue weighted by molar-refractivity contribution is 5.98. The van der Waals surface area contributed by atoms with Gasteiger partial charge in [-0.15, -0.1) is 10.2 Å². The maximum atomic E-state index is 13.9. The predicted octanol–water partition coefficient (Wildman–Crippen LogP) is 6.11. The summed E-state index contributed by atoms with van der Waals surface area (Å²) >= 11 is 0. The third kappa shape index (κ3) is 12.3. The van der Waals surface area contributed by atoms with Crippen molar-refractivity contribution in [2.24, 2.45) is 17.8 Å². The molecule has 312 valence electrons. The number of rotatable bonds is 15. The number of Topliss-reactive ketones (excluding diaryl/α,β-unsaturated/α-hetero) is 1. The monoisotopic (exact) mass is 805 g/mol. The van der Waals surface area contributed by atoms with Gasteiger partial charge in [-0.25, -0.2) is 9.78 Å². The Bertz CT molecular complexity index is 2070. The van der Waals surface area contributed by atoms with Crippen LogP contribution in [0, 0.1) is 24.7 Å². The van der Waals surface area contributed by atoms with Crippen molar-refractivity contribution in [2.45, 2.75) is 104 Å². The molecule has 1 saturated carbocycles. The number of aromatic amines is 1. The summed E-state index contributed by atoms with van der Waals surface area (Å²) in [6, 6.07) is 17.6. The molecule has 15 heteroatoms.